The number of aromatic nitrogens is 3. The highest BCUT2D eigenvalue weighted by atomic mass is 35.5. The number of benzene rings is 1. The summed E-state index contributed by atoms with van der Waals surface area (Å²) in [5, 5.41) is 18.8. The number of aromatic amines is 1. The van der Waals surface area contributed by atoms with Gasteiger partial charge in [-0.1, -0.05) is 41.9 Å². The molecule has 2 aliphatic rings. The van der Waals surface area contributed by atoms with Crippen molar-refractivity contribution in [2.75, 3.05) is 20.2 Å². The number of aliphatic carboxylic acids is 1. The molecule has 0 radical (unpaired) electrons. The Hall–Kier alpha value is -3.43. The number of imidazole rings is 1. The fraction of sp³-hybridized carbons (Fsp3) is 0.448. The van der Waals surface area contributed by atoms with E-state index in [1.165, 1.54) is 5.57 Å². The van der Waals surface area contributed by atoms with Gasteiger partial charge in [-0.25, -0.2) is 4.98 Å². The second kappa shape index (κ2) is 11.8. The number of rotatable bonds is 8. The van der Waals surface area contributed by atoms with E-state index in [0.717, 1.165) is 43.2 Å². The minimum Gasteiger partial charge on any atom is -0.481 e. The summed E-state index contributed by atoms with van der Waals surface area (Å²) >= 11 is 6.60. The van der Waals surface area contributed by atoms with Crippen LogP contribution < -0.4 is 4.74 Å². The summed E-state index contributed by atoms with van der Waals surface area (Å²) in [4.78, 5) is 37.7. The number of amides is 1. The maximum atomic E-state index is 12.5. The molecule has 10 heteroatoms. The van der Waals surface area contributed by atoms with Crippen LogP contribution in [0.2, 0.25) is 5.02 Å². The van der Waals surface area contributed by atoms with Crippen LogP contribution >= 0.6 is 11.6 Å². The van der Waals surface area contributed by atoms with E-state index < -0.39 is 5.97 Å². The summed E-state index contributed by atoms with van der Waals surface area (Å²) < 4.78 is 6.11. The van der Waals surface area contributed by atoms with Gasteiger partial charge >= 0.3 is 5.97 Å². The lowest BCUT2D eigenvalue weighted by Gasteiger charge is -2.30. The van der Waals surface area contributed by atoms with Crippen LogP contribution in [0.25, 0.3) is 28.0 Å². The Labute approximate surface area is 231 Å². The Morgan fingerprint density at radius 1 is 1.08 bits per heavy atom. The van der Waals surface area contributed by atoms with Gasteiger partial charge in [0.15, 0.2) is 5.65 Å². The van der Waals surface area contributed by atoms with Gasteiger partial charge in [-0.05, 0) is 62.1 Å². The predicted molar refractivity (Wildman–Crippen MR) is 148 cm³/mol. The number of nitrogens with one attached hydrogen (secondary N) is 1. The normalized spacial score (nSPS) is 21.4. The number of aliphatic hydroxyl groups is 1. The van der Waals surface area contributed by atoms with Crippen LogP contribution in [0.4, 0.5) is 0 Å². The minimum absolute atomic E-state index is 0.0351. The molecular weight excluding hydrogens is 520 g/mol. The molecule has 0 spiro atoms. The van der Waals surface area contributed by atoms with E-state index in [-0.39, 0.29) is 30.5 Å². The third kappa shape index (κ3) is 6.09. The number of pyridine rings is 1. The highest BCUT2D eigenvalue weighted by Crippen LogP contribution is 2.34. The molecule has 1 saturated carbocycles. The first kappa shape index (κ1) is 27.1. The van der Waals surface area contributed by atoms with Crippen LogP contribution in [-0.2, 0) is 9.59 Å². The van der Waals surface area contributed by atoms with Gasteiger partial charge in [0.1, 0.15) is 6.10 Å². The van der Waals surface area contributed by atoms with Crippen molar-refractivity contribution in [3.05, 3.63) is 47.0 Å². The zero-order valence-corrected chi connectivity index (χ0v) is 22.7. The molecule has 3 aromatic rings. The molecule has 3 N–H and O–H groups in total. The lowest BCUT2D eigenvalue weighted by Crippen LogP contribution is -2.38. The number of carbonyl (C=O) groups is 2. The summed E-state index contributed by atoms with van der Waals surface area (Å²) in [6.07, 6.45) is 6.91. The van der Waals surface area contributed by atoms with Crippen molar-refractivity contribution >= 4 is 40.2 Å². The Kier molecular flexibility index (Phi) is 8.18. The van der Waals surface area contributed by atoms with Gasteiger partial charge < -0.3 is 24.8 Å². The molecule has 5 rings (SSSR count). The number of aliphatic hydroxyl groups excluding tert-OH is 1. The van der Waals surface area contributed by atoms with E-state index in [1.54, 1.807) is 18.0 Å². The van der Waals surface area contributed by atoms with Crippen molar-refractivity contribution in [3.63, 3.8) is 0 Å². The Bertz CT molecular complexity index is 1380. The molecule has 9 nitrogen and oxygen atoms in total. The number of H-pyrrole nitrogens is 1. The maximum Gasteiger partial charge on any atom is 0.306 e. The second-order valence-electron chi connectivity index (χ2n) is 10.4. The summed E-state index contributed by atoms with van der Waals surface area (Å²) in [6.45, 7) is 0.315. The largest absolute Gasteiger partial charge is 0.481 e. The Balaban J connectivity index is 1.24. The van der Waals surface area contributed by atoms with Gasteiger partial charge in [0.05, 0.1) is 28.8 Å². The average Bonchev–Trinajstić information content (AvgIpc) is 3.33. The smallest absolute Gasteiger partial charge is 0.306 e. The topological polar surface area (TPSA) is 129 Å². The standard InChI is InChI=1S/C29H33ClN4O5/c1-34(14-15-35)27(36)20-10-12-22(13-11-20)39-29-31-24-16-23(30)25(32-26(24)33-29)19-6-2-17(3-7-19)18-4-8-21(9-5-18)28(37)38/h2-4,6-7,16,20-22,35H,5,8-15H2,1H3,(H,37,38)(H,31,32,33). The average molecular weight is 553 g/mol. The van der Waals surface area contributed by atoms with Crippen molar-refractivity contribution < 1.29 is 24.5 Å². The number of hydrogen-bond acceptors (Lipinski definition) is 6. The van der Waals surface area contributed by atoms with E-state index in [9.17, 15) is 14.7 Å². The highest BCUT2D eigenvalue weighted by molar-refractivity contribution is 6.33. The summed E-state index contributed by atoms with van der Waals surface area (Å²) in [7, 11) is 1.72. The fourth-order valence-corrected chi connectivity index (χ4v) is 5.73. The molecule has 0 aliphatic heterocycles. The molecule has 2 aromatic heterocycles. The summed E-state index contributed by atoms with van der Waals surface area (Å²) in [6, 6.07) is 10.2. The van der Waals surface area contributed by atoms with Crippen molar-refractivity contribution in [3.8, 4) is 17.3 Å². The number of likely N-dealkylation sites (N-methyl/N-ethyl adjacent to an activating group) is 1. The summed E-state index contributed by atoms with van der Waals surface area (Å²) in [5.41, 5.74) is 4.93. The van der Waals surface area contributed by atoms with Gasteiger partial charge in [0.2, 0.25) is 5.91 Å². The molecular formula is C29H33ClN4O5. The highest BCUT2D eigenvalue weighted by Gasteiger charge is 2.29. The molecule has 206 valence electrons. The Morgan fingerprint density at radius 2 is 1.79 bits per heavy atom. The maximum absolute atomic E-state index is 12.5. The van der Waals surface area contributed by atoms with E-state index >= 15 is 0 Å². The molecule has 1 unspecified atom stereocenters. The van der Waals surface area contributed by atoms with Gasteiger partial charge in [0.25, 0.3) is 6.01 Å². The van der Waals surface area contributed by atoms with Crippen molar-refractivity contribution in [2.24, 2.45) is 11.8 Å². The first-order valence-corrected chi connectivity index (χ1v) is 13.8. The second-order valence-corrected chi connectivity index (χ2v) is 10.8. The SMILES string of the molecule is CN(CCO)C(=O)C1CCC(Oc2nc3nc(-c4ccc(C5=CCC(C(=O)O)CC5)cc4)c(Cl)cc3[nH]2)CC1. The quantitative estimate of drug-likeness (QED) is 0.361. The molecule has 2 aliphatic carbocycles. The molecule has 2 heterocycles. The predicted octanol–water partition coefficient (Wildman–Crippen LogP) is 4.93. The third-order valence-electron chi connectivity index (χ3n) is 7.81. The van der Waals surface area contributed by atoms with Crippen LogP contribution in [-0.4, -0.2) is 68.2 Å². The lowest BCUT2D eigenvalue weighted by atomic mass is 9.86. The first-order chi connectivity index (χ1) is 18.8. The van der Waals surface area contributed by atoms with Gasteiger partial charge in [-0.2, -0.15) is 4.98 Å². The van der Waals surface area contributed by atoms with Crippen LogP contribution in [0, 0.1) is 11.8 Å². The van der Waals surface area contributed by atoms with Crippen molar-refractivity contribution in [1.29, 1.82) is 0 Å². The number of allylic oxidation sites excluding steroid dienone is 2. The van der Waals surface area contributed by atoms with E-state index in [0.29, 0.717) is 47.3 Å². The number of carboxylic acids is 1. The van der Waals surface area contributed by atoms with E-state index in [2.05, 4.69) is 9.97 Å². The summed E-state index contributed by atoms with van der Waals surface area (Å²) in [5.74, 6) is -0.990. The Morgan fingerprint density at radius 3 is 2.44 bits per heavy atom. The third-order valence-corrected chi connectivity index (χ3v) is 8.10. The monoisotopic (exact) mass is 552 g/mol. The number of carbonyl (C=O) groups excluding carboxylic acids is 1. The number of halogens is 1. The van der Waals surface area contributed by atoms with E-state index in [4.69, 9.17) is 26.4 Å². The van der Waals surface area contributed by atoms with Gasteiger partial charge in [0, 0.05) is 25.1 Å². The number of ether oxygens (including phenoxy) is 1. The number of hydrogen-bond donors (Lipinski definition) is 3. The molecule has 1 aromatic carbocycles. The van der Waals surface area contributed by atoms with Crippen LogP contribution in [0.3, 0.4) is 0 Å². The molecule has 0 saturated heterocycles. The van der Waals surface area contributed by atoms with Crippen LogP contribution in [0.1, 0.15) is 50.5 Å². The molecule has 1 atom stereocenters. The number of carboxylic acid groups (broad SMARTS) is 1. The minimum atomic E-state index is -0.731. The number of nitrogens with zero attached hydrogens (tertiary/aromatic N) is 3. The zero-order valence-electron chi connectivity index (χ0n) is 21.9. The van der Waals surface area contributed by atoms with Crippen molar-refractivity contribution in [2.45, 2.75) is 51.0 Å². The molecule has 39 heavy (non-hydrogen) atoms. The van der Waals surface area contributed by atoms with Crippen molar-refractivity contribution in [1.82, 2.24) is 19.9 Å². The first-order valence-electron chi connectivity index (χ1n) is 13.4. The fourth-order valence-electron chi connectivity index (χ4n) is 5.47. The lowest BCUT2D eigenvalue weighted by molar-refractivity contribution is -0.142. The molecule has 1 fully saturated rings. The van der Waals surface area contributed by atoms with Gasteiger partial charge in [-0.3, -0.25) is 9.59 Å². The van der Waals surface area contributed by atoms with E-state index in [1.807, 2.05) is 30.3 Å². The van der Waals surface area contributed by atoms with Crippen LogP contribution in [0.15, 0.2) is 36.4 Å². The van der Waals surface area contributed by atoms with Crippen LogP contribution in [0.5, 0.6) is 6.01 Å². The number of fused-ring (bicyclic) bond motifs is 1. The van der Waals surface area contributed by atoms with Gasteiger partial charge in [-0.15, -0.1) is 0 Å². The zero-order chi connectivity index (χ0) is 27.5. The molecule has 0 bridgehead atoms. The molecule has 1 amide bonds.